The normalized spacial score (nSPS) is 15.7. The molecule has 1 unspecified atom stereocenters. The molecule has 3 rings (SSSR count). The van der Waals surface area contributed by atoms with Crippen LogP contribution in [0.4, 0.5) is 15.8 Å². The molecule has 0 fully saturated rings. The molecule has 168 valence electrons. The summed E-state index contributed by atoms with van der Waals surface area (Å²) in [6, 6.07) is 13.0. The number of methoxy groups -OCH3 is 2. The Hall–Kier alpha value is -4.72. The van der Waals surface area contributed by atoms with E-state index in [0.29, 0.717) is 5.56 Å². The van der Waals surface area contributed by atoms with E-state index in [0.717, 1.165) is 37.3 Å². The van der Waals surface area contributed by atoms with Gasteiger partial charge in [-0.1, -0.05) is 30.3 Å². The van der Waals surface area contributed by atoms with Crippen LogP contribution in [0, 0.1) is 27.3 Å². The Balaban J connectivity index is 2.43. The van der Waals surface area contributed by atoms with Gasteiger partial charge < -0.3 is 15.2 Å². The first-order valence-electron chi connectivity index (χ1n) is 9.36. The number of hydrogen-bond acceptors (Lipinski definition) is 9. The number of nitrogens with two attached hydrogens (primary N) is 1. The van der Waals surface area contributed by atoms with Crippen molar-refractivity contribution in [3.05, 3.63) is 92.7 Å². The van der Waals surface area contributed by atoms with Crippen molar-refractivity contribution in [2.45, 2.75) is 5.92 Å². The number of carbonyl (C=O) groups excluding carboxylic acids is 2. The van der Waals surface area contributed by atoms with Gasteiger partial charge in [0.05, 0.1) is 48.0 Å². The van der Waals surface area contributed by atoms with Crippen LogP contribution in [0.2, 0.25) is 0 Å². The Morgan fingerprint density at radius 3 is 2.33 bits per heavy atom. The highest BCUT2D eigenvalue weighted by Crippen LogP contribution is 2.43. The maximum Gasteiger partial charge on any atom is 0.355 e. The number of carbonyl (C=O) groups is 2. The number of anilines is 1. The van der Waals surface area contributed by atoms with Crippen molar-refractivity contribution in [1.29, 1.82) is 5.26 Å². The van der Waals surface area contributed by atoms with Crippen molar-refractivity contribution in [1.82, 2.24) is 0 Å². The SMILES string of the molecule is COC(=O)C1=C(C(=O)OC)N(c2ccc(F)c([N+](=O)[O-])c2)C(N)=C(C#N)C1c1ccccc1. The molecule has 0 radical (unpaired) electrons. The van der Waals surface area contributed by atoms with Gasteiger partial charge in [0, 0.05) is 6.07 Å². The highest BCUT2D eigenvalue weighted by Gasteiger charge is 2.43. The molecule has 0 aromatic heterocycles. The highest BCUT2D eigenvalue weighted by molar-refractivity contribution is 6.06. The van der Waals surface area contributed by atoms with E-state index in [1.165, 1.54) is 0 Å². The van der Waals surface area contributed by atoms with Gasteiger partial charge in [-0.2, -0.15) is 9.65 Å². The molecule has 10 nitrogen and oxygen atoms in total. The van der Waals surface area contributed by atoms with Crippen LogP contribution >= 0.6 is 0 Å². The summed E-state index contributed by atoms with van der Waals surface area (Å²) in [7, 11) is 2.15. The van der Waals surface area contributed by atoms with E-state index in [9.17, 15) is 29.4 Å². The Morgan fingerprint density at radius 2 is 1.79 bits per heavy atom. The first-order valence-corrected chi connectivity index (χ1v) is 9.36. The van der Waals surface area contributed by atoms with Gasteiger partial charge in [-0.05, 0) is 17.7 Å². The summed E-state index contributed by atoms with van der Waals surface area (Å²) < 4.78 is 23.7. The second kappa shape index (κ2) is 9.19. The van der Waals surface area contributed by atoms with Crippen LogP contribution in [0.3, 0.4) is 0 Å². The third-order valence-electron chi connectivity index (χ3n) is 4.99. The largest absolute Gasteiger partial charge is 0.466 e. The average Bonchev–Trinajstić information content (AvgIpc) is 2.83. The molecule has 1 aliphatic heterocycles. The number of allylic oxidation sites excluding steroid dienone is 1. The van der Waals surface area contributed by atoms with Gasteiger partial charge >= 0.3 is 17.6 Å². The predicted molar refractivity (Wildman–Crippen MR) is 113 cm³/mol. The number of nitro groups is 1. The zero-order valence-corrected chi connectivity index (χ0v) is 17.4. The molecular weight excluding hydrogens is 435 g/mol. The van der Waals surface area contributed by atoms with E-state index in [2.05, 4.69) is 0 Å². The van der Waals surface area contributed by atoms with Crippen LogP contribution in [-0.2, 0) is 19.1 Å². The second-order valence-electron chi connectivity index (χ2n) is 6.73. The third kappa shape index (κ3) is 3.97. The molecule has 11 heteroatoms. The van der Waals surface area contributed by atoms with E-state index >= 15 is 0 Å². The van der Waals surface area contributed by atoms with Gasteiger partial charge in [0.1, 0.15) is 11.5 Å². The lowest BCUT2D eigenvalue weighted by Crippen LogP contribution is -2.40. The summed E-state index contributed by atoms with van der Waals surface area (Å²) in [4.78, 5) is 37.0. The van der Waals surface area contributed by atoms with Gasteiger partial charge in [0.15, 0.2) is 0 Å². The summed E-state index contributed by atoms with van der Waals surface area (Å²) in [6.45, 7) is 0. The maximum absolute atomic E-state index is 14.0. The standard InChI is InChI=1S/C22H17FN4O6/c1-32-21(28)18-17(12-6-4-3-5-7-12)14(11-24)20(25)26(19(18)22(29)33-2)13-8-9-15(23)16(10-13)27(30)31/h3-10,17H,25H2,1-2H3. The van der Waals surface area contributed by atoms with Crippen molar-refractivity contribution in [3.63, 3.8) is 0 Å². The van der Waals surface area contributed by atoms with Crippen LogP contribution in [0.5, 0.6) is 0 Å². The lowest BCUT2D eigenvalue weighted by Gasteiger charge is -2.35. The van der Waals surface area contributed by atoms with Crippen LogP contribution in [0.15, 0.2) is 71.2 Å². The molecule has 0 aliphatic carbocycles. The predicted octanol–water partition coefficient (Wildman–Crippen LogP) is 2.63. The van der Waals surface area contributed by atoms with Crippen LogP contribution in [-0.4, -0.2) is 31.1 Å². The molecule has 0 saturated heterocycles. The third-order valence-corrected chi connectivity index (χ3v) is 4.99. The first kappa shape index (κ1) is 23.0. The van der Waals surface area contributed by atoms with Gasteiger partial charge in [-0.25, -0.2) is 9.59 Å². The summed E-state index contributed by atoms with van der Waals surface area (Å²) in [5.41, 5.74) is 4.88. The average molecular weight is 452 g/mol. The minimum Gasteiger partial charge on any atom is -0.466 e. The smallest absolute Gasteiger partial charge is 0.355 e. The molecule has 33 heavy (non-hydrogen) atoms. The molecule has 0 saturated carbocycles. The van der Waals surface area contributed by atoms with E-state index in [1.807, 2.05) is 6.07 Å². The fraction of sp³-hybridized carbons (Fsp3) is 0.136. The summed E-state index contributed by atoms with van der Waals surface area (Å²) >= 11 is 0. The van der Waals surface area contributed by atoms with Gasteiger partial charge in [-0.15, -0.1) is 0 Å². The minimum atomic E-state index is -1.12. The summed E-state index contributed by atoms with van der Waals surface area (Å²) in [5, 5.41) is 21.2. The molecule has 1 atom stereocenters. The molecular formula is C22H17FN4O6. The number of hydrogen-bond donors (Lipinski definition) is 1. The van der Waals surface area contributed by atoms with Crippen LogP contribution < -0.4 is 10.6 Å². The number of rotatable bonds is 5. The molecule has 0 bridgehead atoms. The Labute approximate surface area is 187 Å². The Bertz CT molecular complexity index is 1250. The molecule has 0 spiro atoms. The number of nitro benzene ring substituents is 1. The quantitative estimate of drug-likeness (QED) is 0.410. The fourth-order valence-electron chi connectivity index (χ4n) is 3.56. The van der Waals surface area contributed by atoms with Crippen molar-refractivity contribution >= 4 is 23.3 Å². The van der Waals surface area contributed by atoms with E-state index in [-0.39, 0.29) is 22.7 Å². The number of ether oxygens (including phenoxy) is 2. The fourth-order valence-corrected chi connectivity index (χ4v) is 3.56. The molecule has 1 heterocycles. The van der Waals surface area contributed by atoms with Crippen LogP contribution in [0.25, 0.3) is 0 Å². The molecule has 2 aromatic carbocycles. The Kier molecular flexibility index (Phi) is 6.39. The number of benzene rings is 2. The highest BCUT2D eigenvalue weighted by atomic mass is 19.1. The maximum atomic E-state index is 14.0. The van der Waals surface area contributed by atoms with Crippen molar-refractivity contribution in [3.8, 4) is 6.07 Å². The lowest BCUT2D eigenvalue weighted by molar-refractivity contribution is -0.387. The number of nitrogens with zero attached hydrogens (tertiary/aromatic N) is 3. The van der Waals surface area contributed by atoms with Gasteiger partial charge in [0.25, 0.3) is 0 Å². The van der Waals surface area contributed by atoms with Crippen molar-refractivity contribution in [2.24, 2.45) is 5.73 Å². The Morgan fingerprint density at radius 1 is 1.15 bits per heavy atom. The van der Waals surface area contributed by atoms with Gasteiger partial charge in [0.2, 0.25) is 5.82 Å². The number of esters is 2. The van der Waals surface area contributed by atoms with Crippen molar-refractivity contribution < 1.29 is 28.4 Å². The zero-order valence-electron chi connectivity index (χ0n) is 17.4. The van der Waals surface area contributed by atoms with E-state index < -0.39 is 40.0 Å². The minimum absolute atomic E-state index is 0.124. The van der Waals surface area contributed by atoms with Crippen molar-refractivity contribution in [2.75, 3.05) is 19.1 Å². The van der Waals surface area contributed by atoms with Crippen LogP contribution in [0.1, 0.15) is 11.5 Å². The van der Waals surface area contributed by atoms with E-state index in [1.54, 1.807) is 30.3 Å². The lowest BCUT2D eigenvalue weighted by atomic mass is 9.81. The first-order chi connectivity index (χ1) is 15.8. The molecule has 0 amide bonds. The zero-order chi connectivity index (χ0) is 24.3. The van der Waals surface area contributed by atoms with Gasteiger partial charge in [-0.3, -0.25) is 15.0 Å². The molecule has 1 aliphatic rings. The number of nitriles is 1. The topological polar surface area (TPSA) is 149 Å². The monoisotopic (exact) mass is 452 g/mol. The summed E-state index contributed by atoms with van der Waals surface area (Å²) in [5.74, 6) is -4.48. The number of halogens is 1. The molecule has 2 N–H and O–H groups in total. The van der Waals surface area contributed by atoms with E-state index in [4.69, 9.17) is 15.2 Å². The molecule has 2 aromatic rings. The second-order valence-corrected chi connectivity index (χ2v) is 6.73. The summed E-state index contributed by atoms with van der Waals surface area (Å²) in [6.07, 6.45) is 0.